The van der Waals surface area contributed by atoms with E-state index in [1.807, 2.05) is 35.2 Å². The summed E-state index contributed by atoms with van der Waals surface area (Å²) in [5.41, 5.74) is 5.84. The molecule has 0 bridgehead atoms. The van der Waals surface area contributed by atoms with Crippen LogP contribution < -0.4 is 11.1 Å². The van der Waals surface area contributed by atoms with Gasteiger partial charge in [-0.1, -0.05) is 41.6 Å². The monoisotopic (exact) mass is 651 g/mol. The lowest BCUT2D eigenvalue weighted by Crippen LogP contribution is -2.26. The van der Waals surface area contributed by atoms with Crippen molar-refractivity contribution in [1.82, 2.24) is 25.3 Å². The molecule has 3 atom stereocenters. The molecule has 3 aliphatic rings. The minimum absolute atomic E-state index is 0.101. The summed E-state index contributed by atoms with van der Waals surface area (Å²) in [6.07, 6.45) is 3.17. The number of carbonyl (C=O) groups excluding carboxylic acids is 2. The zero-order valence-electron chi connectivity index (χ0n) is 25.4. The van der Waals surface area contributed by atoms with E-state index in [2.05, 4.69) is 15.5 Å². The van der Waals surface area contributed by atoms with Gasteiger partial charge in [-0.15, -0.1) is 11.3 Å². The maximum atomic E-state index is 14.0. The molecule has 5 heterocycles. The molecule has 0 spiro atoms. The van der Waals surface area contributed by atoms with Gasteiger partial charge < -0.3 is 15.0 Å². The van der Waals surface area contributed by atoms with Gasteiger partial charge in [0.25, 0.3) is 11.8 Å². The van der Waals surface area contributed by atoms with E-state index in [0.29, 0.717) is 63.6 Å². The molecule has 1 saturated heterocycles. The number of methoxy groups -OCH3 is 1. The molecule has 2 aliphatic heterocycles. The zero-order valence-corrected chi connectivity index (χ0v) is 26.2. The Labute approximate surface area is 272 Å². The van der Waals surface area contributed by atoms with Gasteiger partial charge in [0, 0.05) is 30.5 Å². The predicted octanol–water partition coefficient (Wildman–Crippen LogP) is 5.93. The van der Waals surface area contributed by atoms with E-state index in [0.717, 1.165) is 29.5 Å². The number of amides is 2. The van der Waals surface area contributed by atoms with Crippen molar-refractivity contribution in [3.63, 3.8) is 0 Å². The van der Waals surface area contributed by atoms with Gasteiger partial charge in [0.05, 0.1) is 45.6 Å². The normalized spacial score (nSPS) is 19.6. The number of H-pyrrole nitrogens is 1. The number of carbonyl (C=O) groups is 2. The lowest BCUT2D eigenvalue weighted by atomic mass is 9.93. The Balaban J connectivity index is 1.22. The van der Waals surface area contributed by atoms with Gasteiger partial charge >= 0.3 is 5.76 Å². The number of nitrogens with one attached hydrogen (secondary N) is 2. The number of nitrogens with zero attached hydrogens (tertiary/aromatic N) is 3. The van der Waals surface area contributed by atoms with E-state index in [-0.39, 0.29) is 41.6 Å². The van der Waals surface area contributed by atoms with Crippen molar-refractivity contribution < 1.29 is 23.2 Å². The number of ether oxygens (including phenoxy) is 1. The number of fused-ring (bicyclic) bond motifs is 4. The van der Waals surface area contributed by atoms with Crippen LogP contribution in [0.15, 0.2) is 70.0 Å². The average molecular weight is 652 g/mol. The van der Waals surface area contributed by atoms with Crippen molar-refractivity contribution in [3.8, 4) is 21.8 Å². The largest absolute Gasteiger partial charge is 0.439 e. The molecule has 0 unspecified atom stereocenters. The first kappa shape index (κ1) is 29.5. The first-order valence-electron chi connectivity index (χ1n) is 15.6. The third kappa shape index (κ3) is 5.08. The molecule has 3 aromatic heterocycles. The number of rotatable bonds is 8. The Kier molecular flexibility index (Phi) is 7.33. The third-order valence-corrected chi connectivity index (χ3v) is 10.5. The molecule has 47 heavy (non-hydrogen) atoms. The molecular formula is C35H30FN5O5S. The molecule has 10 nitrogen and oxygen atoms in total. The van der Waals surface area contributed by atoms with Gasteiger partial charge in [0.2, 0.25) is 0 Å². The Morgan fingerprint density at radius 1 is 1.06 bits per heavy atom. The Morgan fingerprint density at radius 2 is 1.87 bits per heavy atom. The lowest BCUT2D eigenvalue weighted by Gasteiger charge is -2.16. The highest BCUT2D eigenvalue weighted by Crippen LogP contribution is 2.49. The topological polar surface area (TPSA) is 130 Å². The van der Waals surface area contributed by atoms with Crippen molar-refractivity contribution in [1.29, 1.82) is 0 Å². The fourth-order valence-electron chi connectivity index (χ4n) is 7.26. The molecular weight excluding hydrogens is 621 g/mol. The van der Waals surface area contributed by atoms with Crippen LogP contribution in [0.2, 0.25) is 0 Å². The Bertz CT molecular complexity index is 2090. The molecule has 1 fully saturated rings. The van der Waals surface area contributed by atoms with Crippen LogP contribution in [0.25, 0.3) is 21.8 Å². The summed E-state index contributed by atoms with van der Waals surface area (Å²) < 4.78 is 24.2. The number of hydrogen-bond acceptors (Lipinski definition) is 8. The third-order valence-electron chi connectivity index (χ3n) is 9.42. The minimum atomic E-state index is -0.736. The van der Waals surface area contributed by atoms with Crippen LogP contribution in [-0.2, 0) is 17.6 Å². The second kappa shape index (κ2) is 11.7. The van der Waals surface area contributed by atoms with Crippen molar-refractivity contribution in [2.24, 2.45) is 0 Å². The van der Waals surface area contributed by atoms with Crippen LogP contribution in [0.1, 0.15) is 85.6 Å². The number of hydrogen-bond donors (Lipinski definition) is 2. The first-order valence-corrected chi connectivity index (χ1v) is 16.4. The van der Waals surface area contributed by atoms with Crippen LogP contribution in [0, 0.1) is 5.82 Å². The zero-order chi connectivity index (χ0) is 32.2. The smallest absolute Gasteiger partial charge is 0.377 e. The lowest BCUT2D eigenvalue weighted by molar-refractivity contribution is 0.0775. The second-order valence-corrected chi connectivity index (χ2v) is 13.2. The van der Waals surface area contributed by atoms with E-state index >= 15 is 0 Å². The molecule has 0 saturated carbocycles. The van der Waals surface area contributed by atoms with Crippen molar-refractivity contribution in [2.45, 2.75) is 50.3 Å². The summed E-state index contributed by atoms with van der Waals surface area (Å²) in [7, 11) is 1.67. The maximum absolute atomic E-state index is 14.0. The summed E-state index contributed by atoms with van der Waals surface area (Å²) in [4.78, 5) is 50.6. The molecule has 2 amide bonds. The number of aryl methyl sites for hydroxylation is 2. The van der Waals surface area contributed by atoms with Gasteiger partial charge in [-0.05, 0) is 66.6 Å². The van der Waals surface area contributed by atoms with Gasteiger partial charge in [0.1, 0.15) is 5.82 Å². The van der Waals surface area contributed by atoms with Crippen LogP contribution in [0.5, 0.6) is 0 Å². The molecule has 238 valence electrons. The Morgan fingerprint density at radius 3 is 2.64 bits per heavy atom. The molecule has 2 aromatic carbocycles. The molecule has 0 radical (unpaired) electrons. The number of pyridine rings is 1. The highest BCUT2D eigenvalue weighted by molar-refractivity contribution is 7.17. The molecule has 5 aromatic rings. The van der Waals surface area contributed by atoms with Crippen molar-refractivity contribution in [2.75, 3.05) is 13.7 Å². The minimum Gasteiger partial charge on any atom is -0.377 e. The summed E-state index contributed by atoms with van der Waals surface area (Å²) in [5.74, 6) is -1.26. The standard InChI is InChI=1S/C35H30FN5O5S/c1-45-25-17-23(20-5-2-3-6-21(20)25)38-33(42)27-15-14-26(47-27)29-28(32-39-35(44)46-40-32)22(13-10-18-8-11-19(36)12-9-18)37-31-24-7-4-16-41(24)34(43)30(29)31/h2-3,5-6,8-9,11-12,14-15,23-25H,4,7,10,13,16-17H2,1H3,(H,38,42)(H,39,40,44)/t23-,24-,25-/m1/s1. The van der Waals surface area contributed by atoms with Gasteiger partial charge in [-0.25, -0.2) is 9.18 Å². The van der Waals surface area contributed by atoms with Crippen LogP contribution in [0.3, 0.4) is 0 Å². The molecule has 1 aliphatic carbocycles. The average Bonchev–Trinajstić information content (AvgIpc) is 3.92. The van der Waals surface area contributed by atoms with E-state index < -0.39 is 5.76 Å². The fraction of sp³-hybridized carbons (Fsp3) is 0.286. The number of halogens is 1. The summed E-state index contributed by atoms with van der Waals surface area (Å²) >= 11 is 1.27. The van der Waals surface area contributed by atoms with E-state index in [1.165, 1.54) is 23.5 Å². The SMILES string of the molecule is CO[C@@H]1C[C@@H](NC(=O)c2ccc(-c3c4c(nc(CCc5ccc(F)cc5)c3-c3noc(=O)[nH]3)[C@H]3CCCN3C4=O)s2)c2ccccc21. The molecule has 8 rings (SSSR count). The quantitative estimate of drug-likeness (QED) is 0.213. The predicted molar refractivity (Wildman–Crippen MR) is 172 cm³/mol. The first-order chi connectivity index (χ1) is 22.9. The number of thiophene rings is 1. The maximum Gasteiger partial charge on any atom is 0.439 e. The molecule has 2 N–H and O–H groups in total. The number of aromatic nitrogens is 3. The van der Waals surface area contributed by atoms with E-state index in [4.69, 9.17) is 14.2 Å². The Hall–Kier alpha value is -4.94. The van der Waals surface area contributed by atoms with Gasteiger partial charge in [0.15, 0.2) is 5.82 Å². The number of aromatic amines is 1. The van der Waals surface area contributed by atoms with E-state index in [9.17, 15) is 18.8 Å². The van der Waals surface area contributed by atoms with E-state index in [1.54, 1.807) is 25.3 Å². The summed E-state index contributed by atoms with van der Waals surface area (Å²) in [6, 6.07) is 17.5. The van der Waals surface area contributed by atoms with Crippen LogP contribution in [-0.4, -0.2) is 45.5 Å². The van der Waals surface area contributed by atoms with Gasteiger partial charge in [-0.3, -0.25) is 24.1 Å². The highest BCUT2D eigenvalue weighted by Gasteiger charge is 2.44. The molecule has 12 heteroatoms. The summed E-state index contributed by atoms with van der Waals surface area (Å²) in [5, 5.41) is 7.20. The van der Waals surface area contributed by atoms with Crippen LogP contribution in [0.4, 0.5) is 4.39 Å². The fourth-order valence-corrected chi connectivity index (χ4v) is 8.22. The van der Waals surface area contributed by atoms with Crippen molar-refractivity contribution in [3.05, 3.63) is 116 Å². The van der Waals surface area contributed by atoms with Crippen LogP contribution >= 0.6 is 11.3 Å². The number of benzene rings is 2. The van der Waals surface area contributed by atoms with Crippen molar-refractivity contribution >= 4 is 23.2 Å². The van der Waals surface area contributed by atoms with Gasteiger partial charge in [-0.2, -0.15) is 0 Å². The summed E-state index contributed by atoms with van der Waals surface area (Å²) in [6.45, 7) is 0.629. The highest BCUT2D eigenvalue weighted by atomic mass is 32.1. The second-order valence-electron chi connectivity index (χ2n) is 12.1.